The zero-order chi connectivity index (χ0) is 24.0. The summed E-state index contributed by atoms with van der Waals surface area (Å²) in [5.41, 5.74) is 2.25. The zero-order valence-electron chi connectivity index (χ0n) is 18.5. The Balaban J connectivity index is 1.81. The summed E-state index contributed by atoms with van der Waals surface area (Å²) in [5.74, 6) is -0.428. The fourth-order valence-corrected chi connectivity index (χ4v) is 5.25. The lowest BCUT2D eigenvalue weighted by Crippen LogP contribution is -2.43. The van der Waals surface area contributed by atoms with Crippen LogP contribution in [0.25, 0.3) is 0 Å². The van der Waals surface area contributed by atoms with Gasteiger partial charge in [0.2, 0.25) is 5.91 Å². The number of amides is 1. The van der Waals surface area contributed by atoms with E-state index in [0.717, 1.165) is 22.7 Å². The second kappa shape index (κ2) is 11.1. The number of carbonyl (C=O) groups excluding carboxylic acids is 1. The highest BCUT2D eigenvalue weighted by atomic mass is 35.5. The van der Waals surface area contributed by atoms with Crippen molar-refractivity contribution in [2.75, 3.05) is 10.8 Å². The molecule has 0 aliphatic carbocycles. The Morgan fingerprint density at radius 1 is 0.970 bits per heavy atom. The van der Waals surface area contributed by atoms with E-state index in [9.17, 15) is 13.2 Å². The van der Waals surface area contributed by atoms with Crippen molar-refractivity contribution in [2.24, 2.45) is 0 Å². The maximum Gasteiger partial charge on any atom is 0.264 e. The Bertz CT molecular complexity index is 1200. The van der Waals surface area contributed by atoms with Gasteiger partial charge in [0.15, 0.2) is 0 Å². The molecule has 1 N–H and O–H groups in total. The highest BCUT2D eigenvalue weighted by molar-refractivity contribution is 7.92. The predicted octanol–water partition coefficient (Wildman–Crippen LogP) is 5.63. The maximum atomic E-state index is 13.5. The average Bonchev–Trinajstić information content (AvgIpc) is 2.79. The normalized spacial score (nSPS) is 12.2. The van der Waals surface area contributed by atoms with Crippen LogP contribution in [-0.4, -0.2) is 26.9 Å². The van der Waals surface area contributed by atoms with Crippen LogP contribution in [0.1, 0.15) is 24.5 Å². The quantitative estimate of drug-likeness (QED) is 0.410. The van der Waals surface area contributed by atoms with E-state index >= 15 is 0 Å². The van der Waals surface area contributed by atoms with Crippen molar-refractivity contribution in [2.45, 2.75) is 37.6 Å². The number of hydrogen-bond donors (Lipinski definition) is 1. The van der Waals surface area contributed by atoms with Crippen LogP contribution in [0.4, 0.5) is 5.69 Å². The molecule has 3 aromatic rings. The molecule has 0 heterocycles. The molecule has 0 spiro atoms. The van der Waals surface area contributed by atoms with Gasteiger partial charge in [-0.3, -0.25) is 9.10 Å². The fraction of sp³-hybridized carbons (Fsp3) is 0.240. The lowest BCUT2D eigenvalue weighted by atomic mass is 10.1. The van der Waals surface area contributed by atoms with Crippen molar-refractivity contribution in [3.8, 4) is 0 Å². The molecule has 0 aromatic heterocycles. The van der Waals surface area contributed by atoms with Crippen LogP contribution < -0.4 is 9.62 Å². The summed E-state index contributed by atoms with van der Waals surface area (Å²) in [6.45, 7) is 3.34. The number of sulfonamides is 1. The highest BCUT2D eigenvalue weighted by Gasteiger charge is 2.29. The molecule has 3 rings (SSSR count). The second-order valence-corrected chi connectivity index (χ2v) is 10.5. The lowest BCUT2D eigenvalue weighted by Gasteiger charge is -2.26. The summed E-state index contributed by atoms with van der Waals surface area (Å²) >= 11 is 12.5. The fourth-order valence-electron chi connectivity index (χ4n) is 3.37. The van der Waals surface area contributed by atoms with E-state index in [4.69, 9.17) is 23.2 Å². The number of rotatable bonds is 9. The summed E-state index contributed by atoms with van der Waals surface area (Å²) < 4.78 is 28.0. The van der Waals surface area contributed by atoms with Crippen molar-refractivity contribution in [3.05, 3.63) is 94.0 Å². The molecule has 0 aliphatic rings. The summed E-state index contributed by atoms with van der Waals surface area (Å²) in [5, 5.41) is 3.17. The van der Waals surface area contributed by atoms with Crippen molar-refractivity contribution >= 4 is 44.8 Å². The van der Waals surface area contributed by atoms with Crippen LogP contribution >= 0.6 is 23.2 Å². The van der Waals surface area contributed by atoms with Crippen LogP contribution in [-0.2, 0) is 21.2 Å². The zero-order valence-corrected chi connectivity index (χ0v) is 20.8. The van der Waals surface area contributed by atoms with Crippen LogP contribution in [0, 0.1) is 6.92 Å². The first-order valence-electron chi connectivity index (χ1n) is 10.5. The molecular formula is C25H26Cl2N2O3S. The number of benzene rings is 3. The minimum atomic E-state index is -4.07. The van der Waals surface area contributed by atoms with E-state index in [1.807, 2.05) is 44.2 Å². The number of carbonyl (C=O) groups is 1. The Labute approximate surface area is 205 Å². The van der Waals surface area contributed by atoms with Crippen LogP contribution in [0.2, 0.25) is 10.0 Å². The Morgan fingerprint density at radius 3 is 2.30 bits per heavy atom. The highest BCUT2D eigenvalue weighted by Crippen LogP contribution is 2.35. The Morgan fingerprint density at radius 2 is 1.64 bits per heavy atom. The SMILES string of the molecule is Cc1ccc(S(=O)(=O)N(CC(=O)N[C@H](C)CCc2ccccc2)c2cccc(Cl)c2Cl)cc1. The molecule has 3 aromatic carbocycles. The number of halogens is 2. The van der Waals surface area contributed by atoms with E-state index in [1.165, 1.54) is 23.8 Å². The van der Waals surface area contributed by atoms with Gasteiger partial charge in [0.25, 0.3) is 10.0 Å². The standard InChI is InChI=1S/C25H26Cl2N2O3S/c1-18-11-15-21(16-12-18)33(31,32)29(23-10-6-9-22(26)25(23)27)17-24(30)28-19(2)13-14-20-7-4-3-5-8-20/h3-12,15-16,19H,13-14,17H2,1-2H3,(H,28,30)/t19-/m1/s1. The molecule has 174 valence electrons. The monoisotopic (exact) mass is 504 g/mol. The van der Waals surface area contributed by atoms with Crippen molar-refractivity contribution in [1.29, 1.82) is 0 Å². The first kappa shape index (κ1) is 25.1. The minimum Gasteiger partial charge on any atom is -0.352 e. The molecule has 33 heavy (non-hydrogen) atoms. The lowest BCUT2D eigenvalue weighted by molar-refractivity contribution is -0.120. The molecule has 0 unspecified atom stereocenters. The third-order valence-corrected chi connectivity index (χ3v) is 7.80. The molecule has 0 aliphatic heterocycles. The van der Waals surface area contributed by atoms with Gasteiger partial charge in [0.1, 0.15) is 6.54 Å². The second-order valence-electron chi connectivity index (χ2n) is 7.89. The van der Waals surface area contributed by atoms with Gasteiger partial charge in [0, 0.05) is 6.04 Å². The largest absolute Gasteiger partial charge is 0.352 e. The van der Waals surface area contributed by atoms with Gasteiger partial charge in [-0.2, -0.15) is 0 Å². The molecule has 8 heteroatoms. The molecule has 0 bridgehead atoms. The van der Waals surface area contributed by atoms with E-state index < -0.39 is 22.5 Å². The maximum absolute atomic E-state index is 13.5. The third kappa shape index (κ3) is 6.50. The number of anilines is 1. The summed E-state index contributed by atoms with van der Waals surface area (Å²) in [6, 6.07) is 21.0. The first-order chi connectivity index (χ1) is 15.7. The van der Waals surface area contributed by atoms with E-state index in [2.05, 4.69) is 5.32 Å². The number of hydrogen-bond acceptors (Lipinski definition) is 3. The number of nitrogens with one attached hydrogen (secondary N) is 1. The van der Waals surface area contributed by atoms with E-state index in [-0.39, 0.29) is 26.7 Å². The smallest absolute Gasteiger partial charge is 0.264 e. The van der Waals surface area contributed by atoms with Gasteiger partial charge in [-0.05, 0) is 56.5 Å². The topological polar surface area (TPSA) is 66.5 Å². The van der Waals surface area contributed by atoms with E-state index in [0.29, 0.717) is 0 Å². The molecular weight excluding hydrogens is 479 g/mol. The summed E-state index contributed by atoms with van der Waals surface area (Å²) in [4.78, 5) is 12.9. The van der Waals surface area contributed by atoms with Crippen molar-refractivity contribution < 1.29 is 13.2 Å². The van der Waals surface area contributed by atoms with Crippen molar-refractivity contribution in [1.82, 2.24) is 5.32 Å². The van der Waals surface area contributed by atoms with Gasteiger partial charge in [0.05, 0.1) is 20.6 Å². The molecule has 1 atom stereocenters. The molecule has 5 nitrogen and oxygen atoms in total. The molecule has 1 amide bonds. The summed E-state index contributed by atoms with van der Waals surface area (Å²) in [6.07, 6.45) is 1.52. The molecule has 0 radical (unpaired) electrons. The predicted molar refractivity (Wildman–Crippen MR) is 135 cm³/mol. The first-order valence-corrected chi connectivity index (χ1v) is 12.7. The average molecular weight is 505 g/mol. The number of nitrogens with zero attached hydrogens (tertiary/aromatic N) is 1. The van der Waals surface area contributed by atoms with Gasteiger partial charge in [-0.1, -0.05) is 77.3 Å². The summed E-state index contributed by atoms with van der Waals surface area (Å²) in [7, 11) is -4.07. The van der Waals surface area contributed by atoms with Gasteiger partial charge >= 0.3 is 0 Å². The van der Waals surface area contributed by atoms with E-state index in [1.54, 1.807) is 24.3 Å². The van der Waals surface area contributed by atoms with Crippen LogP contribution in [0.5, 0.6) is 0 Å². The van der Waals surface area contributed by atoms with Crippen LogP contribution in [0.15, 0.2) is 77.7 Å². The number of aryl methyl sites for hydroxylation is 2. The molecule has 0 saturated heterocycles. The molecule has 0 saturated carbocycles. The van der Waals surface area contributed by atoms with Crippen LogP contribution in [0.3, 0.4) is 0 Å². The molecule has 0 fully saturated rings. The Hall–Kier alpha value is -2.54. The third-order valence-electron chi connectivity index (χ3n) is 5.21. The van der Waals surface area contributed by atoms with Gasteiger partial charge in [-0.25, -0.2) is 8.42 Å². The Kier molecular flexibility index (Phi) is 8.40. The van der Waals surface area contributed by atoms with Crippen molar-refractivity contribution in [3.63, 3.8) is 0 Å². The van der Waals surface area contributed by atoms with Gasteiger partial charge in [-0.15, -0.1) is 0 Å². The minimum absolute atomic E-state index is 0.0640. The van der Waals surface area contributed by atoms with Gasteiger partial charge < -0.3 is 5.32 Å².